The maximum Gasteiger partial charge on any atom is 0.192 e. The molecular formula is C15H16O4. The highest BCUT2D eigenvalue weighted by Gasteiger charge is 2.28. The van der Waals surface area contributed by atoms with E-state index < -0.39 is 5.79 Å². The predicted molar refractivity (Wildman–Crippen MR) is 72.5 cm³/mol. The topological polar surface area (TPSA) is 69.9 Å². The predicted octanol–water partition coefficient (Wildman–Crippen LogP) is 2.51. The molecule has 4 heteroatoms. The number of allylic oxidation sites excluding steroid dienone is 3. The van der Waals surface area contributed by atoms with Crippen molar-refractivity contribution in [1.29, 1.82) is 0 Å². The Hall–Kier alpha value is -2.04. The van der Waals surface area contributed by atoms with Crippen molar-refractivity contribution in [3.05, 3.63) is 59.4 Å². The van der Waals surface area contributed by atoms with Gasteiger partial charge in [0.1, 0.15) is 5.75 Å². The van der Waals surface area contributed by atoms with Crippen LogP contribution in [0.3, 0.4) is 0 Å². The van der Waals surface area contributed by atoms with Crippen molar-refractivity contribution in [1.82, 2.24) is 0 Å². The number of hydrogen-bond donors (Lipinski definition) is 3. The summed E-state index contributed by atoms with van der Waals surface area (Å²) < 4.78 is 4.96. The van der Waals surface area contributed by atoms with Gasteiger partial charge in [0, 0.05) is 7.11 Å². The van der Waals surface area contributed by atoms with Crippen LogP contribution >= 0.6 is 0 Å². The largest absolute Gasteiger partial charge is 0.512 e. The molecule has 0 aromatic heterocycles. The van der Waals surface area contributed by atoms with Gasteiger partial charge in [0.25, 0.3) is 0 Å². The first-order valence-electron chi connectivity index (χ1n) is 5.88. The number of aliphatic hydroxyl groups excluding tert-OH is 1. The second-order valence-electron chi connectivity index (χ2n) is 4.43. The standard InChI is InChI=1S/C15H16O4/c1-19-15(18)9-12(8-14(17)10-15)3-2-11-4-6-13(16)7-5-11/h2-9,16-18H,10H2,1H3/b3-2+. The molecule has 1 atom stereocenters. The minimum Gasteiger partial charge on any atom is -0.512 e. The smallest absolute Gasteiger partial charge is 0.192 e. The highest BCUT2D eigenvalue weighted by Crippen LogP contribution is 2.26. The molecule has 1 unspecified atom stereocenters. The first-order valence-corrected chi connectivity index (χ1v) is 5.88. The quantitative estimate of drug-likeness (QED) is 0.730. The van der Waals surface area contributed by atoms with Crippen LogP contribution in [0.2, 0.25) is 0 Å². The average Bonchev–Trinajstić information content (AvgIpc) is 2.37. The summed E-state index contributed by atoms with van der Waals surface area (Å²) in [6.45, 7) is 0. The van der Waals surface area contributed by atoms with Crippen molar-refractivity contribution in [2.24, 2.45) is 0 Å². The molecule has 0 saturated heterocycles. The fourth-order valence-corrected chi connectivity index (χ4v) is 1.86. The highest BCUT2D eigenvalue weighted by molar-refractivity contribution is 5.56. The molecule has 0 aliphatic heterocycles. The van der Waals surface area contributed by atoms with Crippen molar-refractivity contribution in [2.75, 3.05) is 7.11 Å². The van der Waals surface area contributed by atoms with Gasteiger partial charge >= 0.3 is 0 Å². The van der Waals surface area contributed by atoms with E-state index in [0.29, 0.717) is 5.57 Å². The van der Waals surface area contributed by atoms with Crippen molar-refractivity contribution in [3.8, 4) is 5.75 Å². The van der Waals surface area contributed by atoms with Crippen molar-refractivity contribution < 1.29 is 20.1 Å². The second kappa shape index (κ2) is 5.30. The van der Waals surface area contributed by atoms with Gasteiger partial charge < -0.3 is 20.1 Å². The summed E-state index contributed by atoms with van der Waals surface area (Å²) in [5.41, 5.74) is 1.55. The van der Waals surface area contributed by atoms with E-state index in [1.807, 2.05) is 6.08 Å². The van der Waals surface area contributed by atoms with E-state index in [1.54, 1.807) is 42.5 Å². The third-order valence-electron chi connectivity index (χ3n) is 2.87. The number of aromatic hydroxyl groups is 1. The number of rotatable bonds is 3. The molecule has 1 aromatic rings. The Morgan fingerprint density at radius 2 is 1.84 bits per heavy atom. The van der Waals surface area contributed by atoms with Crippen molar-refractivity contribution >= 4 is 6.08 Å². The van der Waals surface area contributed by atoms with Gasteiger partial charge in [-0.15, -0.1) is 0 Å². The van der Waals surface area contributed by atoms with Crippen LogP contribution < -0.4 is 0 Å². The zero-order chi connectivity index (χ0) is 13.9. The molecule has 1 aliphatic carbocycles. The summed E-state index contributed by atoms with van der Waals surface area (Å²) in [4.78, 5) is 0. The van der Waals surface area contributed by atoms with Gasteiger partial charge in [0.2, 0.25) is 0 Å². The zero-order valence-electron chi connectivity index (χ0n) is 10.6. The Bertz CT molecular complexity index is 540. The maximum atomic E-state index is 9.99. The van der Waals surface area contributed by atoms with Gasteiger partial charge in [-0.3, -0.25) is 0 Å². The lowest BCUT2D eigenvalue weighted by Gasteiger charge is -2.26. The Kier molecular flexibility index (Phi) is 3.74. The summed E-state index contributed by atoms with van der Waals surface area (Å²) in [7, 11) is 1.39. The molecule has 0 radical (unpaired) electrons. The fourth-order valence-electron chi connectivity index (χ4n) is 1.86. The van der Waals surface area contributed by atoms with Gasteiger partial charge in [0.15, 0.2) is 5.79 Å². The molecule has 0 heterocycles. The molecule has 1 aliphatic rings. The van der Waals surface area contributed by atoms with Gasteiger partial charge in [0.05, 0.1) is 12.2 Å². The first kappa shape index (κ1) is 13.4. The average molecular weight is 260 g/mol. The Balaban J connectivity index is 2.20. The molecule has 0 fully saturated rings. The molecule has 0 saturated carbocycles. The minimum atomic E-state index is -1.46. The van der Waals surface area contributed by atoms with E-state index in [9.17, 15) is 15.3 Å². The van der Waals surface area contributed by atoms with Gasteiger partial charge in [-0.25, -0.2) is 0 Å². The molecular weight excluding hydrogens is 244 g/mol. The zero-order valence-corrected chi connectivity index (χ0v) is 10.6. The van der Waals surface area contributed by atoms with Crippen LogP contribution in [0.1, 0.15) is 12.0 Å². The van der Waals surface area contributed by atoms with Crippen LogP contribution in [0.15, 0.2) is 53.8 Å². The first-order chi connectivity index (χ1) is 9.00. The van der Waals surface area contributed by atoms with Crippen LogP contribution in [-0.4, -0.2) is 28.2 Å². The lowest BCUT2D eigenvalue weighted by molar-refractivity contribution is -0.149. The van der Waals surface area contributed by atoms with Crippen molar-refractivity contribution in [2.45, 2.75) is 12.2 Å². The number of ether oxygens (including phenoxy) is 1. The number of phenolic OH excluding ortho intramolecular Hbond substituents is 1. The second-order valence-corrected chi connectivity index (χ2v) is 4.43. The minimum absolute atomic E-state index is 0.0417. The SMILES string of the molecule is COC1(O)C=C(/C=C/c2ccc(O)cc2)C=C(O)C1. The number of hydrogen-bond acceptors (Lipinski definition) is 4. The lowest BCUT2D eigenvalue weighted by atomic mass is 9.99. The van der Waals surface area contributed by atoms with Crippen LogP contribution in [0.5, 0.6) is 5.75 Å². The third kappa shape index (κ3) is 3.47. The summed E-state index contributed by atoms with van der Waals surface area (Å²) in [5, 5.41) is 28.8. The Labute approximate surface area is 111 Å². The third-order valence-corrected chi connectivity index (χ3v) is 2.87. The van der Waals surface area contributed by atoms with Crippen LogP contribution in [0.25, 0.3) is 6.08 Å². The van der Waals surface area contributed by atoms with Gasteiger partial charge in [-0.2, -0.15) is 0 Å². The molecule has 0 bridgehead atoms. The normalized spacial score (nSPS) is 23.3. The molecule has 0 spiro atoms. The number of aliphatic hydroxyl groups is 2. The summed E-state index contributed by atoms with van der Waals surface area (Å²) >= 11 is 0. The summed E-state index contributed by atoms with van der Waals surface area (Å²) in [6.07, 6.45) is 6.73. The fraction of sp³-hybridized carbons (Fsp3) is 0.200. The van der Waals surface area contributed by atoms with Gasteiger partial charge in [-0.1, -0.05) is 24.3 Å². The van der Waals surface area contributed by atoms with E-state index in [1.165, 1.54) is 7.11 Å². The molecule has 2 rings (SSSR count). The molecule has 1 aromatic carbocycles. The maximum absolute atomic E-state index is 9.99. The Morgan fingerprint density at radius 1 is 1.16 bits per heavy atom. The van der Waals surface area contributed by atoms with Crippen LogP contribution in [0, 0.1) is 0 Å². The Morgan fingerprint density at radius 3 is 2.47 bits per heavy atom. The van der Waals surface area contributed by atoms with E-state index in [0.717, 1.165) is 5.56 Å². The number of phenols is 1. The molecule has 4 nitrogen and oxygen atoms in total. The summed E-state index contributed by atoms with van der Waals surface area (Å²) in [6, 6.07) is 6.71. The van der Waals surface area contributed by atoms with Crippen LogP contribution in [-0.2, 0) is 4.74 Å². The number of methoxy groups -OCH3 is 1. The number of benzene rings is 1. The van der Waals surface area contributed by atoms with E-state index in [2.05, 4.69) is 0 Å². The molecule has 100 valence electrons. The van der Waals surface area contributed by atoms with E-state index in [4.69, 9.17) is 4.74 Å². The molecule has 19 heavy (non-hydrogen) atoms. The van der Waals surface area contributed by atoms with Crippen LogP contribution in [0.4, 0.5) is 0 Å². The molecule has 0 amide bonds. The van der Waals surface area contributed by atoms with Gasteiger partial charge in [-0.05, 0) is 35.4 Å². The lowest BCUT2D eigenvalue weighted by Crippen LogP contribution is -2.31. The van der Waals surface area contributed by atoms with E-state index >= 15 is 0 Å². The van der Waals surface area contributed by atoms with E-state index in [-0.39, 0.29) is 17.9 Å². The monoisotopic (exact) mass is 260 g/mol. The summed E-state index contributed by atoms with van der Waals surface area (Å²) in [5.74, 6) is -1.19. The molecule has 3 N–H and O–H groups in total. The highest BCUT2D eigenvalue weighted by atomic mass is 16.6. The van der Waals surface area contributed by atoms with Crippen molar-refractivity contribution in [3.63, 3.8) is 0 Å².